The van der Waals surface area contributed by atoms with Crippen LogP contribution < -0.4 is 0 Å². The Kier molecular flexibility index (Phi) is 6.05. The van der Waals surface area contributed by atoms with E-state index in [0.29, 0.717) is 16.7 Å². The molecular weight excluding hydrogens is 388 g/mol. The van der Waals surface area contributed by atoms with Crippen LogP contribution in [0.4, 0.5) is 0 Å². The predicted molar refractivity (Wildman–Crippen MR) is 97.1 cm³/mol. The molecular formula is C17H14N4O4S2. The second-order valence-corrected chi connectivity index (χ2v) is 7.21. The molecule has 0 fully saturated rings. The fraction of sp³-hybridized carbons (Fsp3) is 0.294. The van der Waals surface area contributed by atoms with Gasteiger partial charge in [-0.1, -0.05) is 5.16 Å². The second kappa shape index (κ2) is 8.66. The Morgan fingerprint density at radius 3 is 2.89 bits per heavy atom. The SMILES string of the molecule is Cc1csc([C@H](C#N)C(=O)COC(=O)CCc2nc(-c3ccsc3)no2)n1. The van der Waals surface area contributed by atoms with Crippen molar-refractivity contribution in [2.45, 2.75) is 25.7 Å². The van der Waals surface area contributed by atoms with Crippen molar-refractivity contribution < 1.29 is 18.8 Å². The number of thiophene rings is 1. The fourth-order valence-corrected chi connectivity index (χ4v) is 3.65. The van der Waals surface area contributed by atoms with E-state index in [4.69, 9.17) is 9.26 Å². The van der Waals surface area contributed by atoms with Crippen LogP contribution in [0.25, 0.3) is 11.4 Å². The summed E-state index contributed by atoms with van der Waals surface area (Å²) in [6.07, 6.45) is 0.198. The van der Waals surface area contributed by atoms with Crippen LogP contribution >= 0.6 is 22.7 Å². The van der Waals surface area contributed by atoms with E-state index in [1.807, 2.05) is 22.9 Å². The molecule has 0 aliphatic carbocycles. The maximum absolute atomic E-state index is 12.1. The van der Waals surface area contributed by atoms with Crippen molar-refractivity contribution in [3.05, 3.63) is 38.8 Å². The molecule has 0 saturated carbocycles. The Hall–Kier alpha value is -2.90. The van der Waals surface area contributed by atoms with Gasteiger partial charge >= 0.3 is 5.97 Å². The molecule has 0 aliphatic heterocycles. The zero-order valence-electron chi connectivity index (χ0n) is 14.2. The quantitative estimate of drug-likeness (QED) is 0.528. The standard InChI is InChI=1S/C17H14N4O4S2/c1-10-8-27-17(19-10)12(6-18)13(22)7-24-15(23)3-2-14-20-16(21-25-14)11-4-5-26-9-11/h4-5,8-9,12H,2-3,7H2,1H3/t12-/m1/s1. The van der Waals surface area contributed by atoms with Crippen molar-refractivity contribution in [1.29, 1.82) is 5.26 Å². The van der Waals surface area contributed by atoms with Crippen LogP contribution in [0.2, 0.25) is 0 Å². The third-order valence-corrected chi connectivity index (χ3v) is 5.21. The van der Waals surface area contributed by atoms with E-state index in [0.717, 1.165) is 11.3 Å². The van der Waals surface area contributed by atoms with E-state index in [2.05, 4.69) is 15.1 Å². The minimum atomic E-state index is -1.03. The highest BCUT2D eigenvalue weighted by Gasteiger charge is 2.24. The van der Waals surface area contributed by atoms with Crippen LogP contribution in [0.3, 0.4) is 0 Å². The maximum Gasteiger partial charge on any atom is 0.306 e. The van der Waals surface area contributed by atoms with E-state index in [9.17, 15) is 14.9 Å². The summed E-state index contributed by atoms with van der Waals surface area (Å²) in [5.74, 6) is -1.33. The van der Waals surface area contributed by atoms with E-state index in [1.165, 1.54) is 22.7 Å². The molecule has 0 saturated heterocycles. The summed E-state index contributed by atoms with van der Waals surface area (Å²) >= 11 is 2.75. The van der Waals surface area contributed by atoms with E-state index in [1.54, 1.807) is 12.3 Å². The fourth-order valence-electron chi connectivity index (χ4n) is 2.15. The second-order valence-electron chi connectivity index (χ2n) is 5.54. The Balaban J connectivity index is 1.47. The third-order valence-electron chi connectivity index (χ3n) is 3.50. The van der Waals surface area contributed by atoms with Crippen molar-refractivity contribution in [2.75, 3.05) is 6.61 Å². The van der Waals surface area contributed by atoms with Crippen LogP contribution in [0, 0.1) is 18.3 Å². The Morgan fingerprint density at radius 1 is 1.37 bits per heavy atom. The molecule has 0 aromatic carbocycles. The zero-order chi connectivity index (χ0) is 19.2. The number of nitriles is 1. The number of nitrogens with zero attached hydrogens (tertiary/aromatic N) is 4. The monoisotopic (exact) mass is 402 g/mol. The van der Waals surface area contributed by atoms with Gasteiger partial charge in [0, 0.05) is 28.4 Å². The lowest BCUT2D eigenvalue weighted by Crippen LogP contribution is -2.20. The molecule has 3 rings (SSSR count). The lowest BCUT2D eigenvalue weighted by Gasteiger charge is -2.06. The smallest absolute Gasteiger partial charge is 0.306 e. The van der Waals surface area contributed by atoms with Gasteiger partial charge in [-0.25, -0.2) is 4.98 Å². The molecule has 10 heteroatoms. The Labute approximate surface area is 162 Å². The van der Waals surface area contributed by atoms with Gasteiger partial charge < -0.3 is 9.26 Å². The van der Waals surface area contributed by atoms with Gasteiger partial charge in [0.2, 0.25) is 11.7 Å². The van der Waals surface area contributed by atoms with E-state index >= 15 is 0 Å². The van der Waals surface area contributed by atoms with Crippen LogP contribution in [0.5, 0.6) is 0 Å². The van der Waals surface area contributed by atoms with Crippen molar-refractivity contribution in [1.82, 2.24) is 15.1 Å². The molecule has 1 atom stereocenters. The first kappa shape index (κ1) is 18.9. The lowest BCUT2D eigenvalue weighted by molar-refractivity contribution is -0.148. The first-order valence-corrected chi connectivity index (χ1v) is 9.74. The third kappa shape index (κ3) is 4.84. The molecule has 3 heterocycles. The Morgan fingerprint density at radius 2 is 2.22 bits per heavy atom. The summed E-state index contributed by atoms with van der Waals surface area (Å²) < 4.78 is 10.1. The molecule has 0 aliphatic rings. The zero-order valence-corrected chi connectivity index (χ0v) is 15.9. The van der Waals surface area contributed by atoms with Crippen molar-refractivity contribution in [2.24, 2.45) is 0 Å². The van der Waals surface area contributed by atoms with Crippen molar-refractivity contribution in [3.8, 4) is 17.5 Å². The van der Waals surface area contributed by atoms with Gasteiger partial charge in [-0.2, -0.15) is 21.6 Å². The summed E-state index contributed by atoms with van der Waals surface area (Å²) in [4.78, 5) is 32.3. The largest absolute Gasteiger partial charge is 0.458 e. The van der Waals surface area contributed by atoms with Gasteiger partial charge in [0.1, 0.15) is 5.01 Å². The molecule has 3 aromatic heterocycles. The first-order chi connectivity index (χ1) is 13.1. The maximum atomic E-state index is 12.1. The number of thiazole rings is 1. The van der Waals surface area contributed by atoms with Crippen LogP contribution in [-0.2, 0) is 20.7 Å². The highest BCUT2D eigenvalue weighted by Crippen LogP contribution is 2.21. The number of ether oxygens (including phenoxy) is 1. The number of hydrogen-bond donors (Lipinski definition) is 0. The minimum Gasteiger partial charge on any atom is -0.458 e. The molecule has 0 spiro atoms. The van der Waals surface area contributed by atoms with E-state index in [-0.39, 0.29) is 12.8 Å². The summed E-state index contributed by atoms with van der Waals surface area (Å²) in [5, 5.41) is 19.0. The minimum absolute atomic E-state index is 0.00781. The van der Waals surface area contributed by atoms with Gasteiger partial charge in [-0.05, 0) is 18.4 Å². The number of carbonyl (C=O) groups is 2. The molecule has 138 valence electrons. The highest BCUT2D eigenvalue weighted by atomic mass is 32.1. The normalized spacial score (nSPS) is 11.7. The number of carbonyl (C=O) groups excluding carboxylic acids is 2. The average Bonchev–Trinajstić information content (AvgIpc) is 3.40. The van der Waals surface area contributed by atoms with Crippen LogP contribution in [0.15, 0.2) is 26.7 Å². The molecule has 0 radical (unpaired) electrons. The molecule has 0 amide bonds. The molecule has 0 N–H and O–H groups in total. The number of aromatic nitrogens is 3. The summed E-state index contributed by atoms with van der Waals surface area (Å²) in [5.41, 5.74) is 1.59. The van der Waals surface area contributed by atoms with Gasteiger partial charge in [-0.3, -0.25) is 9.59 Å². The number of ketones is 1. The highest BCUT2D eigenvalue weighted by molar-refractivity contribution is 7.10. The average molecular weight is 402 g/mol. The van der Waals surface area contributed by atoms with Gasteiger partial charge in [0.25, 0.3) is 0 Å². The number of aryl methyl sites for hydroxylation is 2. The molecule has 8 nitrogen and oxygen atoms in total. The lowest BCUT2D eigenvalue weighted by atomic mass is 10.1. The molecule has 0 bridgehead atoms. The topological polar surface area (TPSA) is 119 Å². The molecule has 0 unspecified atom stereocenters. The van der Waals surface area contributed by atoms with Crippen LogP contribution in [-0.4, -0.2) is 33.5 Å². The summed E-state index contributed by atoms with van der Waals surface area (Å²) in [6, 6.07) is 3.77. The summed E-state index contributed by atoms with van der Waals surface area (Å²) in [7, 11) is 0. The molecule has 3 aromatic rings. The molecule has 27 heavy (non-hydrogen) atoms. The van der Waals surface area contributed by atoms with Gasteiger partial charge in [-0.15, -0.1) is 11.3 Å². The van der Waals surface area contributed by atoms with E-state index < -0.39 is 24.3 Å². The number of esters is 1. The number of rotatable bonds is 8. The van der Waals surface area contributed by atoms with Gasteiger partial charge in [0.05, 0.1) is 12.5 Å². The van der Waals surface area contributed by atoms with Crippen molar-refractivity contribution in [3.63, 3.8) is 0 Å². The summed E-state index contributed by atoms with van der Waals surface area (Å²) in [6.45, 7) is 1.31. The number of Topliss-reactive ketones (excluding diaryl/α,β-unsaturated/α-hetero) is 1. The number of hydrogen-bond acceptors (Lipinski definition) is 10. The van der Waals surface area contributed by atoms with Gasteiger partial charge in [0.15, 0.2) is 18.3 Å². The Bertz CT molecular complexity index is 971. The van der Waals surface area contributed by atoms with Crippen molar-refractivity contribution >= 4 is 34.4 Å². The first-order valence-electron chi connectivity index (χ1n) is 7.92. The predicted octanol–water partition coefficient (Wildman–Crippen LogP) is 2.92. The van der Waals surface area contributed by atoms with Crippen LogP contribution in [0.1, 0.15) is 28.9 Å².